The summed E-state index contributed by atoms with van der Waals surface area (Å²) in [6.07, 6.45) is 3.83. The first-order valence-corrected chi connectivity index (χ1v) is 6.83. The molecule has 4 heteroatoms. The Morgan fingerprint density at radius 2 is 2.00 bits per heavy atom. The van der Waals surface area contributed by atoms with Crippen molar-refractivity contribution in [3.63, 3.8) is 0 Å². The number of halogens is 1. The Kier molecular flexibility index (Phi) is 4.42. The van der Waals surface area contributed by atoms with Crippen LogP contribution in [0.2, 0.25) is 0 Å². The zero-order chi connectivity index (χ0) is 13.9. The van der Waals surface area contributed by atoms with Crippen LogP contribution in [0, 0.1) is 5.82 Å². The summed E-state index contributed by atoms with van der Waals surface area (Å²) >= 11 is 0. The highest BCUT2D eigenvalue weighted by Gasteiger charge is 2.30. The zero-order valence-corrected chi connectivity index (χ0v) is 11.2. The highest BCUT2D eigenvalue weighted by atomic mass is 19.1. The fourth-order valence-electron chi connectivity index (χ4n) is 2.46. The largest absolute Gasteiger partial charge is 0.488 e. The van der Waals surface area contributed by atoms with Gasteiger partial charge in [0.15, 0.2) is 11.6 Å². The van der Waals surface area contributed by atoms with Crippen LogP contribution in [0.15, 0.2) is 18.2 Å². The number of hydrogen-bond donors (Lipinski definition) is 2. The minimum absolute atomic E-state index is 0.123. The molecule has 1 aromatic carbocycles. The van der Waals surface area contributed by atoms with Crippen molar-refractivity contribution in [3.8, 4) is 5.75 Å². The molecule has 0 unspecified atom stereocenters. The summed E-state index contributed by atoms with van der Waals surface area (Å²) in [5, 5.41) is 19.6. The van der Waals surface area contributed by atoms with Crippen LogP contribution in [0.5, 0.6) is 5.75 Å². The first-order valence-electron chi connectivity index (χ1n) is 6.83. The molecule has 2 N–H and O–H groups in total. The minimum atomic E-state index is -0.826. The molecule has 106 valence electrons. The molecule has 0 radical (unpaired) electrons. The normalized spacial score (nSPS) is 20.0. The number of aliphatic hydroxyl groups excluding tert-OH is 1. The molecule has 1 aliphatic carbocycles. The van der Waals surface area contributed by atoms with Crippen molar-refractivity contribution in [2.45, 2.75) is 50.7 Å². The Bertz CT molecular complexity index is 425. The molecule has 1 aromatic rings. The average molecular weight is 268 g/mol. The molecule has 0 aliphatic heterocycles. The predicted octanol–water partition coefficient (Wildman–Crippen LogP) is 2.95. The van der Waals surface area contributed by atoms with Gasteiger partial charge in [-0.1, -0.05) is 25.3 Å². The van der Waals surface area contributed by atoms with Gasteiger partial charge in [-0.25, -0.2) is 4.39 Å². The molecule has 1 fully saturated rings. The van der Waals surface area contributed by atoms with E-state index in [0.717, 1.165) is 19.3 Å². The maximum atomic E-state index is 13.8. The van der Waals surface area contributed by atoms with E-state index in [2.05, 4.69) is 0 Å². The monoisotopic (exact) mass is 268 g/mol. The minimum Gasteiger partial charge on any atom is -0.488 e. The second-order valence-corrected chi connectivity index (χ2v) is 5.44. The van der Waals surface area contributed by atoms with Gasteiger partial charge < -0.3 is 14.9 Å². The van der Waals surface area contributed by atoms with Gasteiger partial charge in [0, 0.05) is 0 Å². The summed E-state index contributed by atoms with van der Waals surface area (Å²) in [5.74, 6) is -0.374. The standard InChI is InChI=1S/C15H21FO3/c1-11(17)12-5-6-14(13(16)9-12)19-10-15(18)7-3-2-4-8-15/h5-6,9,11,17-18H,2-4,7-8,10H2,1H3/t11-/m1/s1. The molecule has 0 bridgehead atoms. The van der Waals surface area contributed by atoms with Crippen molar-refractivity contribution in [1.82, 2.24) is 0 Å². The highest BCUT2D eigenvalue weighted by molar-refractivity contribution is 5.30. The van der Waals surface area contributed by atoms with Crippen molar-refractivity contribution in [2.75, 3.05) is 6.61 Å². The summed E-state index contributed by atoms with van der Waals surface area (Å²) < 4.78 is 19.2. The molecule has 0 amide bonds. The summed E-state index contributed by atoms with van der Waals surface area (Å²) in [5.41, 5.74) is -0.311. The number of hydrogen-bond acceptors (Lipinski definition) is 3. The fraction of sp³-hybridized carbons (Fsp3) is 0.600. The fourth-order valence-corrected chi connectivity index (χ4v) is 2.46. The lowest BCUT2D eigenvalue weighted by molar-refractivity contribution is -0.0347. The smallest absolute Gasteiger partial charge is 0.165 e. The molecule has 1 atom stereocenters. The van der Waals surface area contributed by atoms with Crippen LogP contribution in [0.25, 0.3) is 0 Å². The SMILES string of the molecule is C[C@@H](O)c1ccc(OCC2(O)CCCCC2)c(F)c1. The van der Waals surface area contributed by atoms with Gasteiger partial charge >= 0.3 is 0 Å². The van der Waals surface area contributed by atoms with Crippen molar-refractivity contribution >= 4 is 0 Å². The van der Waals surface area contributed by atoms with E-state index in [4.69, 9.17) is 4.74 Å². The van der Waals surface area contributed by atoms with E-state index in [0.29, 0.717) is 18.4 Å². The van der Waals surface area contributed by atoms with Gasteiger partial charge in [0.2, 0.25) is 0 Å². The van der Waals surface area contributed by atoms with E-state index >= 15 is 0 Å². The summed E-state index contributed by atoms with van der Waals surface area (Å²) in [4.78, 5) is 0. The highest BCUT2D eigenvalue weighted by Crippen LogP contribution is 2.29. The van der Waals surface area contributed by atoms with E-state index in [9.17, 15) is 14.6 Å². The van der Waals surface area contributed by atoms with E-state index in [1.165, 1.54) is 12.1 Å². The van der Waals surface area contributed by atoms with Crippen LogP contribution < -0.4 is 4.74 Å². The zero-order valence-electron chi connectivity index (χ0n) is 11.2. The second-order valence-electron chi connectivity index (χ2n) is 5.44. The number of ether oxygens (including phenoxy) is 1. The summed E-state index contributed by atoms with van der Waals surface area (Å²) in [6, 6.07) is 4.41. The van der Waals surface area contributed by atoms with Crippen molar-refractivity contribution in [3.05, 3.63) is 29.6 Å². The van der Waals surface area contributed by atoms with Gasteiger partial charge in [-0.3, -0.25) is 0 Å². The number of rotatable bonds is 4. The average Bonchev–Trinajstić information content (AvgIpc) is 2.38. The molecule has 1 saturated carbocycles. The molecular formula is C15H21FO3. The lowest BCUT2D eigenvalue weighted by Crippen LogP contribution is -2.38. The van der Waals surface area contributed by atoms with E-state index in [1.54, 1.807) is 13.0 Å². The third-order valence-electron chi connectivity index (χ3n) is 3.72. The Morgan fingerprint density at radius 1 is 1.32 bits per heavy atom. The van der Waals surface area contributed by atoms with Crippen LogP contribution in [0.1, 0.15) is 50.7 Å². The van der Waals surface area contributed by atoms with Crippen molar-refractivity contribution in [2.24, 2.45) is 0 Å². The topological polar surface area (TPSA) is 49.7 Å². The molecule has 19 heavy (non-hydrogen) atoms. The second kappa shape index (κ2) is 5.88. The van der Waals surface area contributed by atoms with Crippen molar-refractivity contribution < 1.29 is 19.3 Å². The van der Waals surface area contributed by atoms with E-state index in [1.807, 2.05) is 0 Å². The third kappa shape index (κ3) is 3.67. The molecule has 0 spiro atoms. The quantitative estimate of drug-likeness (QED) is 0.882. The van der Waals surface area contributed by atoms with Gasteiger partial charge in [-0.05, 0) is 37.5 Å². The number of benzene rings is 1. The maximum Gasteiger partial charge on any atom is 0.165 e. The van der Waals surface area contributed by atoms with Crippen molar-refractivity contribution in [1.29, 1.82) is 0 Å². The molecule has 0 aromatic heterocycles. The molecular weight excluding hydrogens is 247 g/mol. The Morgan fingerprint density at radius 3 is 2.58 bits per heavy atom. The molecule has 1 aliphatic rings. The Labute approximate surface area is 113 Å². The Balaban J connectivity index is 1.99. The van der Waals surface area contributed by atoms with E-state index < -0.39 is 17.5 Å². The first-order chi connectivity index (χ1) is 9.00. The lowest BCUT2D eigenvalue weighted by Gasteiger charge is -2.31. The van der Waals surface area contributed by atoms with Crippen LogP contribution in [0.3, 0.4) is 0 Å². The lowest BCUT2D eigenvalue weighted by atomic mass is 9.85. The predicted molar refractivity (Wildman–Crippen MR) is 70.6 cm³/mol. The van der Waals surface area contributed by atoms with Crippen LogP contribution in [-0.4, -0.2) is 22.4 Å². The van der Waals surface area contributed by atoms with Gasteiger partial charge in [-0.15, -0.1) is 0 Å². The number of aliphatic hydroxyl groups is 2. The molecule has 0 heterocycles. The van der Waals surface area contributed by atoms with Gasteiger partial charge in [0.25, 0.3) is 0 Å². The summed E-state index contributed by atoms with van der Waals surface area (Å²) in [6.45, 7) is 1.71. The van der Waals surface area contributed by atoms with Gasteiger partial charge in [0.05, 0.1) is 11.7 Å². The van der Waals surface area contributed by atoms with Crippen LogP contribution >= 0.6 is 0 Å². The third-order valence-corrected chi connectivity index (χ3v) is 3.72. The first kappa shape index (κ1) is 14.3. The molecule has 2 rings (SSSR count). The van der Waals surface area contributed by atoms with Gasteiger partial charge in [0.1, 0.15) is 6.61 Å². The van der Waals surface area contributed by atoms with Gasteiger partial charge in [-0.2, -0.15) is 0 Å². The van der Waals surface area contributed by atoms with Crippen LogP contribution in [0.4, 0.5) is 4.39 Å². The molecule has 3 nitrogen and oxygen atoms in total. The van der Waals surface area contributed by atoms with E-state index in [-0.39, 0.29) is 12.4 Å². The Hall–Kier alpha value is -1.13. The van der Waals surface area contributed by atoms with Crippen LogP contribution in [-0.2, 0) is 0 Å². The summed E-state index contributed by atoms with van der Waals surface area (Å²) in [7, 11) is 0. The maximum absolute atomic E-state index is 13.8. The molecule has 0 saturated heterocycles.